The fourth-order valence-electron chi connectivity index (χ4n) is 1.07. The average Bonchev–Trinajstić information content (AvgIpc) is 2.34. The number of amides is 1. The van der Waals surface area contributed by atoms with Gasteiger partial charge >= 0.3 is 0 Å². The minimum Gasteiger partial charge on any atom is -0.340 e. The summed E-state index contributed by atoms with van der Waals surface area (Å²) in [6.07, 6.45) is 1.05. The van der Waals surface area contributed by atoms with Crippen LogP contribution in [0.3, 0.4) is 0 Å². The van der Waals surface area contributed by atoms with E-state index in [1.165, 1.54) is 0 Å². The van der Waals surface area contributed by atoms with Gasteiger partial charge in [-0.15, -0.1) is 0 Å². The first-order valence-electron chi connectivity index (χ1n) is 3.36. The van der Waals surface area contributed by atoms with E-state index in [1.54, 1.807) is 4.90 Å². The van der Waals surface area contributed by atoms with E-state index >= 15 is 0 Å². The molecule has 0 aliphatic carbocycles. The van der Waals surface area contributed by atoms with Crippen molar-refractivity contribution < 1.29 is 4.79 Å². The second-order valence-electron chi connectivity index (χ2n) is 2.43. The summed E-state index contributed by atoms with van der Waals surface area (Å²) < 4.78 is 0. The topological polar surface area (TPSA) is 46.3 Å². The van der Waals surface area contributed by atoms with Gasteiger partial charge < -0.3 is 10.6 Å². The minimum absolute atomic E-state index is 0.0574. The van der Waals surface area contributed by atoms with Crippen molar-refractivity contribution >= 4 is 21.8 Å². The third-order valence-electron chi connectivity index (χ3n) is 1.66. The Morgan fingerprint density at radius 3 is 2.90 bits per heavy atom. The van der Waals surface area contributed by atoms with E-state index in [0.29, 0.717) is 4.83 Å². The Morgan fingerprint density at radius 2 is 2.50 bits per heavy atom. The van der Waals surface area contributed by atoms with Crippen molar-refractivity contribution in [2.45, 2.75) is 11.2 Å². The normalized spacial score (nSPS) is 25.4. The Bertz CT molecular complexity index is 140. The van der Waals surface area contributed by atoms with Crippen LogP contribution in [0.15, 0.2) is 0 Å². The van der Waals surface area contributed by atoms with Crippen molar-refractivity contribution in [1.29, 1.82) is 0 Å². The van der Waals surface area contributed by atoms with Crippen LogP contribution in [0.25, 0.3) is 0 Å². The molecule has 3 nitrogen and oxygen atoms in total. The molecule has 1 aliphatic heterocycles. The van der Waals surface area contributed by atoms with Crippen molar-refractivity contribution in [2.75, 3.05) is 19.6 Å². The number of rotatable bonds is 1. The van der Waals surface area contributed by atoms with Crippen LogP contribution < -0.4 is 5.73 Å². The Morgan fingerprint density at radius 1 is 1.80 bits per heavy atom. The summed E-state index contributed by atoms with van der Waals surface area (Å²) in [5, 5.41) is 0. The van der Waals surface area contributed by atoms with E-state index < -0.39 is 0 Å². The zero-order valence-corrected chi connectivity index (χ0v) is 7.30. The number of alkyl halides is 1. The Kier molecular flexibility index (Phi) is 2.68. The van der Waals surface area contributed by atoms with Gasteiger partial charge in [-0.2, -0.15) is 0 Å². The molecule has 4 heteroatoms. The molecule has 1 amide bonds. The largest absolute Gasteiger partial charge is 0.340 e. The van der Waals surface area contributed by atoms with Crippen LogP contribution >= 0.6 is 15.9 Å². The van der Waals surface area contributed by atoms with Gasteiger partial charge in [0.15, 0.2) is 0 Å². The Hall–Kier alpha value is -0.0900. The number of halogens is 1. The fraction of sp³-hybridized carbons (Fsp3) is 0.833. The molecule has 0 saturated carbocycles. The lowest BCUT2D eigenvalue weighted by atomic mass is 10.4. The monoisotopic (exact) mass is 206 g/mol. The summed E-state index contributed by atoms with van der Waals surface area (Å²) in [7, 11) is 0. The third-order valence-corrected chi connectivity index (χ3v) is 2.41. The van der Waals surface area contributed by atoms with Gasteiger partial charge in [0.25, 0.3) is 0 Å². The highest BCUT2D eigenvalue weighted by Gasteiger charge is 2.22. The molecule has 58 valence electrons. The highest BCUT2D eigenvalue weighted by atomic mass is 79.9. The molecule has 0 radical (unpaired) electrons. The van der Waals surface area contributed by atoms with Gasteiger partial charge in [-0.1, -0.05) is 15.9 Å². The van der Waals surface area contributed by atoms with Crippen LogP contribution in [0, 0.1) is 0 Å². The van der Waals surface area contributed by atoms with Gasteiger partial charge in [-0.25, -0.2) is 0 Å². The summed E-state index contributed by atoms with van der Waals surface area (Å²) in [6.45, 7) is 1.81. The maximum Gasteiger partial charge on any atom is 0.236 e. The van der Waals surface area contributed by atoms with Crippen LogP contribution in [0.5, 0.6) is 0 Å². The van der Waals surface area contributed by atoms with Gasteiger partial charge in [-0.3, -0.25) is 4.79 Å². The van der Waals surface area contributed by atoms with E-state index in [4.69, 9.17) is 5.73 Å². The van der Waals surface area contributed by atoms with Crippen LogP contribution in [-0.4, -0.2) is 35.3 Å². The number of hydrogen-bond acceptors (Lipinski definition) is 2. The van der Waals surface area contributed by atoms with E-state index in [1.807, 2.05) is 0 Å². The number of hydrogen-bond donors (Lipinski definition) is 1. The summed E-state index contributed by atoms with van der Waals surface area (Å²) >= 11 is 3.44. The summed E-state index contributed by atoms with van der Waals surface area (Å²) in [4.78, 5) is 13.2. The van der Waals surface area contributed by atoms with E-state index in [-0.39, 0.29) is 12.5 Å². The second-order valence-corrected chi connectivity index (χ2v) is 3.72. The first kappa shape index (κ1) is 8.01. The van der Waals surface area contributed by atoms with Gasteiger partial charge in [0.1, 0.15) is 0 Å². The fourth-order valence-corrected chi connectivity index (χ4v) is 1.63. The molecule has 1 saturated heterocycles. The molecule has 1 fully saturated rings. The van der Waals surface area contributed by atoms with E-state index in [0.717, 1.165) is 19.5 Å². The molecule has 1 atom stereocenters. The number of nitrogens with two attached hydrogens (primary N) is 1. The van der Waals surface area contributed by atoms with Crippen LogP contribution in [0.2, 0.25) is 0 Å². The van der Waals surface area contributed by atoms with Gasteiger partial charge in [0, 0.05) is 17.9 Å². The molecule has 0 aromatic carbocycles. The zero-order valence-electron chi connectivity index (χ0n) is 5.72. The van der Waals surface area contributed by atoms with Crippen LogP contribution in [0.1, 0.15) is 6.42 Å². The summed E-state index contributed by atoms with van der Waals surface area (Å²) in [5.74, 6) is 0.0574. The molecule has 1 heterocycles. The van der Waals surface area contributed by atoms with Crippen LogP contribution in [-0.2, 0) is 4.79 Å². The predicted molar refractivity (Wildman–Crippen MR) is 43.0 cm³/mol. The SMILES string of the molecule is NCC(=O)N1CCC(Br)C1. The Balaban J connectivity index is 2.37. The molecule has 1 unspecified atom stereocenters. The van der Waals surface area contributed by atoms with Crippen molar-refractivity contribution in [3.8, 4) is 0 Å². The van der Waals surface area contributed by atoms with Gasteiger partial charge in [0.05, 0.1) is 6.54 Å². The third kappa shape index (κ3) is 1.70. The van der Waals surface area contributed by atoms with Crippen molar-refractivity contribution in [2.24, 2.45) is 5.73 Å². The smallest absolute Gasteiger partial charge is 0.236 e. The number of nitrogens with zero attached hydrogens (tertiary/aromatic N) is 1. The molecule has 1 rings (SSSR count). The quantitative estimate of drug-likeness (QED) is 0.612. The van der Waals surface area contributed by atoms with Gasteiger partial charge in [-0.05, 0) is 6.42 Å². The maximum atomic E-state index is 10.9. The Labute approximate surface area is 68.7 Å². The first-order chi connectivity index (χ1) is 4.74. The first-order valence-corrected chi connectivity index (χ1v) is 4.27. The van der Waals surface area contributed by atoms with Crippen molar-refractivity contribution in [1.82, 2.24) is 4.90 Å². The lowest BCUT2D eigenvalue weighted by Gasteiger charge is -2.13. The predicted octanol–water partition coefficient (Wildman–Crippen LogP) is -0.0591. The standard InChI is InChI=1S/C6H11BrN2O/c7-5-1-2-9(4-5)6(10)3-8/h5H,1-4,8H2. The molecule has 0 aromatic heterocycles. The minimum atomic E-state index is 0.0574. The number of likely N-dealkylation sites (tertiary alicyclic amines) is 1. The summed E-state index contributed by atoms with van der Waals surface area (Å²) in [6, 6.07) is 0. The average molecular weight is 207 g/mol. The molecule has 0 aromatic rings. The second kappa shape index (κ2) is 3.34. The molecular formula is C6H11BrN2O. The molecule has 1 aliphatic rings. The maximum absolute atomic E-state index is 10.9. The molecule has 0 spiro atoms. The lowest BCUT2D eigenvalue weighted by Crippen LogP contribution is -2.34. The molecule has 2 N–H and O–H groups in total. The van der Waals surface area contributed by atoms with Gasteiger partial charge in [0.2, 0.25) is 5.91 Å². The van der Waals surface area contributed by atoms with E-state index in [2.05, 4.69) is 15.9 Å². The lowest BCUT2D eigenvalue weighted by molar-refractivity contribution is -0.128. The van der Waals surface area contributed by atoms with E-state index in [9.17, 15) is 4.79 Å². The van der Waals surface area contributed by atoms with Crippen molar-refractivity contribution in [3.05, 3.63) is 0 Å². The van der Waals surface area contributed by atoms with Crippen molar-refractivity contribution in [3.63, 3.8) is 0 Å². The number of carbonyl (C=O) groups is 1. The molecular weight excluding hydrogens is 196 g/mol. The molecule has 0 bridgehead atoms. The molecule has 10 heavy (non-hydrogen) atoms. The zero-order chi connectivity index (χ0) is 7.56. The number of carbonyl (C=O) groups excluding carboxylic acids is 1. The van der Waals surface area contributed by atoms with Crippen LogP contribution in [0.4, 0.5) is 0 Å². The highest BCUT2D eigenvalue weighted by molar-refractivity contribution is 9.09. The summed E-state index contributed by atoms with van der Waals surface area (Å²) in [5.41, 5.74) is 5.19. The highest BCUT2D eigenvalue weighted by Crippen LogP contribution is 2.15.